The Morgan fingerprint density at radius 2 is 2.06 bits per heavy atom. The Kier molecular flexibility index (Phi) is 2.36. The van der Waals surface area contributed by atoms with Gasteiger partial charge in [0.25, 0.3) is 0 Å². The van der Waals surface area contributed by atoms with Gasteiger partial charge >= 0.3 is 0 Å². The van der Waals surface area contributed by atoms with Crippen molar-refractivity contribution in [3.05, 3.63) is 41.5 Å². The molecule has 3 rings (SSSR count). The van der Waals surface area contributed by atoms with Gasteiger partial charge in [0.2, 0.25) is 0 Å². The lowest BCUT2D eigenvalue weighted by atomic mass is 9.87. The Bertz CT molecular complexity index is 599. The van der Waals surface area contributed by atoms with Crippen LogP contribution in [0.2, 0.25) is 0 Å². The summed E-state index contributed by atoms with van der Waals surface area (Å²) in [5, 5.41) is 2.23. The lowest BCUT2D eigenvalue weighted by molar-refractivity contribution is 0.0978. The number of ether oxygens (including phenoxy) is 1. The molecule has 0 aromatic heterocycles. The van der Waals surface area contributed by atoms with Gasteiger partial charge in [0, 0.05) is 6.42 Å². The van der Waals surface area contributed by atoms with Gasteiger partial charge in [-0.25, -0.2) is 0 Å². The number of carbonyl (C=O) groups excluding carboxylic acids is 1. The molecular weight excluding hydrogens is 212 g/mol. The van der Waals surface area contributed by atoms with E-state index >= 15 is 0 Å². The average molecular weight is 226 g/mol. The van der Waals surface area contributed by atoms with Crippen LogP contribution in [0.3, 0.4) is 0 Å². The van der Waals surface area contributed by atoms with E-state index in [0.29, 0.717) is 13.0 Å². The first kappa shape index (κ1) is 10.3. The maximum absolute atomic E-state index is 12.1. The zero-order valence-corrected chi connectivity index (χ0v) is 9.82. The number of ketones is 1. The van der Waals surface area contributed by atoms with E-state index in [4.69, 9.17) is 4.74 Å². The molecule has 2 aromatic carbocycles. The van der Waals surface area contributed by atoms with Crippen molar-refractivity contribution in [3.8, 4) is 5.75 Å². The second-order valence-corrected chi connectivity index (χ2v) is 4.31. The van der Waals surface area contributed by atoms with Gasteiger partial charge in [-0.1, -0.05) is 24.3 Å². The highest BCUT2D eigenvalue weighted by atomic mass is 16.5. The van der Waals surface area contributed by atoms with Gasteiger partial charge in [-0.3, -0.25) is 4.79 Å². The van der Waals surface area contributed by atoms with Crippen LogP contribution in [-0.4, -0.2) is 12.4 Å². The number of aryl methyl sites for hydroxylation is 1. The van der Waals surface area contributed by atoms with Gasteiger partial charge < -0.3 is 4.74 Å². The molecule has 0 atom stereocenters. The van der Waals surface area contributed by atoms with E-state index in [1.807, 2.05) is 19.1 Å². The lowest BCUT2D eigenvalue weighted by Crippen LogP contribution is -2.11. The van der Waals surface area contributed by atoms with Gasteiger partial charge in [-0.2, -0.15) is 0 Å². The molecule has 2 aromatic rings. The third-order valence-electron chi connectivity index (χ3n) is 3.29. The Hall–Kier alpha value is -1.83. The van der Waals surface area contributed by atoms with E-state index in [1.54, 1.807) is 0 Å². The monoisotopic (exact) mass is 226 g/mol. The first-order chi connectivity index (χ1) is 8.31. The van der Waals surface area contributed by atoms with Crippen LogP contribution >= 0.6 is 0 Å². The predicted molar refractivity (Wildman–Crippen MR) is 67.8 cm³/mol. The Balaban J connectivity index is 2.38. The minimum Gasteiger partial charge on any atom is -0.493 e. The third kappa shape index (κ3) is 1.52. The molecule has 0 bridgehead atoms. The Morgan fingerprint density at radius 3 is 2.88 bits per heavy atom. The minimum absolute atomic E-state index is 0.206. The normalized spacial score (nSPS) is 14.1. The molecule has 0 unspecified atom stereocenters. The van der Waals surface area contributed by atoms with Crippen molar-refractivity contribution in [2.24, 2.45) is 0 Å². The molecule has 2 heteroatoms. The number of hydrogen-bond donors (Lipinski definition) is 0. The fourth-order valence-electron chi connectivity index (χ4n) is 2.57. The fraction of sp³-hybridized carbons (Fsp3) is 0.267. The fourth-order valence-corrected chi connectivity index (χ4v) is 2.57. The van der Waals surface area contributed by atoms with E-state index in [-0.39, 0.29) is 5.78 Å². The largest absolute Gasteiger partial charge is 0.493 e. The van der Waals surface area contributed by atoms with Gasteiger partial charge in [0.05, 0.1) is 12.2 Å². The lowest BCUT2D eigenvalue weighted by Gasteiger charge is -2.19. The molecule has 0 radical (unpaired) electrons. The summed E-state index contributed by atoms with van der Waals surface area (Å²) in [6, 6.07) is 10.2. The molecular formula is C15H14O2. The van der Waals surface area contributed by atoms with Crippen LogP contribution in [0.1, 0.15) is 29.3 Å². The highest BCUT2D eigenvalue weighted by molar-refractivity contribution is 6.13. The van der Waals surface area contributed by atoms with Crippen molar-refractivity contribution in [1.29, 1.82) is 0 Å². The van der Waals surface area contributed by atoms with Gasteiger partial charge in [0.15, 0.2) is 5.78 Å². The number of benzene rings is 2. The zero-order valence-electron chi connectivity index (χ0n) is 9.82. The molecule has 0 saturated heterocycles. The van der Waals surface area contributed by atoms with Crippen LogP contribution in [0.4, 0.5) is 0 Å². The first-order valence-corrected chi connectivity index (χ1v) is 6.02. The van der Waals surface area contributed by atoms with Crippen LogP contribution in [0, 0.1) is 0 Å². The van der Waals surface area contributed by atoms with Gasteiger partial charge in [0.1, 0.15) is 5.75 Å². The molecule has 0 fully saturated rings. The summed E-state index contributed by atoms with van der Waals surface area (Å²) < 4.78 is 5.57. The maximum Gasteiger partial charge on any atom is 0.167 e. The third-order valence-corrected chi connectivity index (χ3v) is 3.29. The van der Waals surface area contributed by atoms with Crippen molar-refractivity contribution in [3.63, 3.8) is 0 Å². The number of carbonyl (C=O) groups is 1. The summed E-state index contributed by atoms with van der Waals surface area (Å²) >= 11 is 0. The summed E-state index contributed by atoms with van der Waals surface area (Å²) in [6.07, 6.45) is 1.44. The molecule has 0 saturated carbocycles. The van der Waals surface area contributed by atoms with Crippen LogP contribution < -0.4 is 4.74 Å². The standard InChI is InChI=1S/C15H14O2/c1-2-17-13-9-7-11-5-3-4-10-6-8-12(16)15(13)14(10)11/h3-5,7,9H,2,6,8H2,1H3. The Morgan fingerprint density at radius 1 is 1.18 bits per heavy atom. The summed E-state index contributed by atoms with van der Waals surface area (Å²) in [5.41, 5.74) is 2.05. The molecule has 0 amide bonds. The van der Waals surface area contributed by atoms with Crippen LogP contribution in [-0.2, 0) is 6.42 Å². The molecule has 0 spiro atoms. The predicted octanol–water partition coefficient (Wildman–Crippen LogP) is 3.37. The molecule has 1 aliphatic carbocycles. The van der Waals surface area contributed by atoms with Crippen molar-refractivity contribution in [1.82, 2.24) is 0 Å². The minimum atomic E-state index is 0.206. The number of Topliss-reactive ketones (excluding diaryl/α,β-unsaturated/α-hetero) is 1. The van der Waals surface area contributed by atoms with Gasteiger partial charge in [-0.05, 0) is 35.7 Å². The molecule has 86 valence electrons. The second-order valence-electron chi connectivity index (χ2n) is 4.31. The van der Waals surface area contributed by atoms with E-state index in [2.05, 4.69) is 18.2 Å². The van der Waals surface area contributed by atoms with E-state index in [9.17, 15) is 4.79 Å². The Labute approximate surface area is 100 Å². The first-order valence-electron chi connectivity index (χ1n) is 6.02. The summed E-state index contributed by atoms with van der Waals surface area (Å²) in [5.74, 6) is 0.940. The second kappa shape index (κ2) is 3.88. The van der Waals surface area contributed by atoms with Crippen molar-refractivity contribution >= 4 is 16.6 Å². The molecule has 2 nitrogen and oxygen atoms in total. The van der Waals surface area contributed by atoms with Crippen molar-refractivity contribution in [2.45, 2.75) is 19.8 Å². The van der Waals surface area contributed by atoms with Gasteiger partial charge in [-0.15, -0.1) is 0 Å². The zero-order chi connectivity index (χ0) is 11.8. The molecule has 0 aliphatic heterocycles. The maximum atomic E-state index is 12.1. The quantitative estimate of drug-likeness (QED) is 0.784. The number of rotatable bonds is 2. The molecule has 1 aliphatic rings. The highest BCUT2D eigenvalue weighted by Gasteiger charge is 2.22. The smallest absolute Gasteiger partial charge is 0.167 e. The van der Waals surface area contributed by atoms with Crippen molar-refractivity contribution in [2.75, 3.05) is 6.61 Å². The topological polar surface area (TPSA) is 26.3 Å². The highest BCUT2D eigenvalue weighted by Crippen LogP contribution is 2.35. The van der Waals surface area contributed by atoms with E-state index in [1.165, 1.54) is 5.56 Å². The summed E-state index contributed by atoms with van der Waals surface area (Å²) in [6.45, 7) is 2.53. The molecule has 0 N–H and O–H groups in total. The number of hydrogen-bond acceptors (Lipinski definition) is 2. The van der Waals surface area contributed by atoms with Crippen LogP contribution in [0.15, 0.2) is 30.3 Å². The van der Waals surface area contributed by atoms with Crippen LogP contribution in [0.5, 0.6) is 5.75 Å². The van der Waals surface area contributed by atoms with Crippen molar-refractivity contribution < 1.29 is 9.53 Å². The molecule has 0 heterocycles. The SMILES string of the molecule is CCOc1ccc2cccc3c2c1C(=O)CC3. The van der Waals surface area contributed by atoms with E-state index < -0.39 is 0 Å². The van der Waals surface area contributed by atoms with Crippen LogP contribution in [0.25, 0.3) is 10.8 Å². The van der Waals surface area contributed by atoms with E-state index in [0.717, 1.165) is 28.5 Å². The summed E-state index contributed by atoms with van der Waals surface area (Å²) in [7, 11) is 0. The molecule has 17 heavy (non-hydrogen) atoms. The summed E-state index contributed by atoms with van der Waals surface area (Å²) in [4.78, 5) is 12.1. The average Bonchev–Trinajstić information content (AvgIpc) is 2.35.